The summed E-state index contributed by atoms with van der Waals surface area (Å²) in [5.74, 6) is 1.62. The van der Waals surface area contributed by atoms with E-state index in [1.54, 1.807) is 0 Å². The van der Waals surface area contributed by atoms with Gasteiger partial charge in [0.15, 0.2) is 0 Å². The second kappa shape index (κ2) is 7.57. The number of aromatic nitrogens is 1. The summed E-state index contributed by atoms with van der Waals surface area (Å²) in [5, 5.41) is 3.68. The van der Waals surface area contributed by atoms with Crippen LogP contribution in [0.4, 0.5) is 0 Å². The number of nitrogens with one attached hydrogen (secondary N) is 2. The molecule has 34 heavy (non-hydrogen) atoms. The molecule has 6 nitrogen and oxygen atoms in total. The van der Waals surface area contributed by atoms with Crippen LogP contribution in [-0.2, 0) is 16.0 Å². The Hall–Kier alpha value is -2.86. The molecule has 3 heterocycles. The maximum atomic E-state index is 13.4. The first-order valence-electron chi connectivity index (χ1n) is 12.9. The van der Waals surface area contributed by atoms with Gasteiger partial charge in [0.2, 0.25) is 11.8 Å². The Kier molecular flexibility index (Phi) is 4.57. The zero-order chi connectivity index (χ0) is 22.9. The van der Waals surface area contributed by atoms with E-state index in [2.05, 4.69) is 57.7 Å². The van der Waals surface area contributed by atoms with Gasteiger partial charge in [0.25, 0.3) is 0 Å². The number of amides is 2. The maximum absolute atomic E-state index is 13.4. The topological polar surface area (TPSA) is 68.4 Å². The second-order valence-corrected chi connectivity index (χ2v) is 11.1. The lowest BCUT2D eigenvalue weighted by Crippen LogP contribution is -2.37. The molecule has 7 rings (SSSR count). The van der Waals surface area contributed by atoms with Crippen molar-refractivity contribution in [3.05, 3.63) is 65.0 Å². The predicted molar refractivity (Wildman–Crippen MR) is 130 cm³/mol. The Morgan fingerprint density at radius 1 is 1.06 bits per heavy atom. The van der Waals surface area contributed by atoms with Crippen LogP contribution in [0.2, 0.25) is 0 Å². The first-order chi connectivity index (χ1) is 16.6. The van der Waals surface area contributed by atoms with Gasteiger partial charge in [-0.05, 0) is 73.3 Å². The molecule has 6 heteroatoms. The fourth-order valence-electron chi connectivity index (χ4n) is 6.20. The number of aromatic amines is 1. The Labute approximate surface area is 200 Å². The van der Waals surface area contributed by atoms with E-state index in [9.17, 15) is 9.59 Å². The van der Waals surface area contributed by atoms with Gasteiger partial charge in [-0.2, -0.15) is 0 Å². The first-order valence-corrected chi connectivity index (χ1v) is 12.9. The highest BCUT2D eigenvalue weighted by molar-refractivity contribution is 5.92. The van der Waals surface area contributed by atoms with Gasteiger partial charge < -0.3 is 14.8 Å². The van der Waals surface area contributed by atoms with Gasteiger partial charge in [0.05, 0.1) is 0 Å². The molecule has 1 aromatic heterocycles. The molecule has 5 aliphatic rings. The molecular formula is C28H32N4O2. The van der Waals surface area contributed by atoms with Crippen molar-refractivity contribution >= 4 is 17.9 Å². The standard InChI is InChI=1S/C28H32N4O2/c33-26(21-5-6-21)31-14-10-18(16-31)17-32-25(30-28(11-12-28)27(32)34)20-3-1-19(2-4-20)22-7-8-24-23(15-22)9-13-29-24/h1-4,7-9,13,18,21-22,25,29-30H,5-6,10-12,14-17H2/t18-,22?,25?/m0/s1. The third kappa shape index (κ3) is 3.42. The minimum atomic E-state index is -0.345. The van der Waals surface area contributed by atoms with Crippen molar-refractivity contribution in [2.45, 2.75) is 56.1 Å². The van der Waals surface area contributed by atoms with Crippen LogP contribution in [-0.4, -0.2) is 51.8 Å². The van der Waals surface area contributed by atoms with E-state index in [4.69, 9.17) is 0 Å². The molecule has 2 unspecified atom stereocenters. The van der Waals surface area contributed by atoms with Crippen LogP contribution in [0.5, 0.6) is 0 Å². The van der Waals surface area contributed by atoms with E-state index in [1.807, 2.05) is 11.1 Å². The van der Waals surface area contributed by atoms with Gasteiger partial charge in [0.1, 0.15) is 11.7 Å². The van der Waals surface area contributed by atoms with E-state index in [-0.39, 0.29) is 23.5 Å². The van der Waals surface area contributed by atoms with Crippen LogP contribution >= 0.6 is 0 Å². The van der Waals surface area contributed by atoms with Crippen molar-refractivity contribution in [3.8, 4) is 0 Å². The summed E-state index contributed by atoms with van der Waals surface area (Å²) < 4.78 is 0. The third-order valence-electron chi connectivity index (χ3n) is 8.61. The Balaban J connectivity index is 1.07. The Morgan fingerprint density at radius 3 is 2.62 bits per heavy atom. The van der Waals surface area contributed by atoms with E-state index in [0.717, 1.165) is 63.7 Å². The van der Waals surface area contributed by atoms with Crippen LogP contribution < -0.4 is 5.32 Å². The highest BCUT2D eigenvalue weighted by atomic mass is 16.2. The number of hydrogen-bond acceptors (Lipinski definition) is 3. The summed E-state index contributed by atoms with van der Waals surface area (Å²) in [5.41, 5.74) is 4.71. The highest BCUT2D eigenvalue weighted by Gasteiger charge is 2.59. The van der Waals surface area contributed by atoms with Crippen LogP contribution in [0.1, 0.15) is 66.6 Å². The number of carbonyl (C=O) groups is 2. The van der Waals surface area contributed by atoms with Crippen LogP contribution in [0, 0.1) is 11.8 Å². The van der Waals surface area contributed by atoms with Crippen LogP contribution in [0.15, 0.2) is 42.6 Å². The quantitative estimate of drug-likeness (QED) is 0.723. The number of fused-ring (bicyclic) bond motifs is 1. The summed E-state index contributed by atoms with van der Waals surface area (Å²) in [4.78, 5) is 33.3. The molecule has 3 aliphatic carbocycles. The molecule has 2 aromatic rings. The Morgan fingerprint density at radius 2 is 1.85 bits per heavy atom. The molecular weight excluding hydrogens is 424 g/mol. The van der Waals surface area contributed by atoms with E-state index >= 15 is 0 Å². The molecule has 0 bridgehead atoms. The zero-order valence-electron chi connectivity index (χ0n) is 19.5. The summed E-state index contributed by atoms with van der Waals surface area (Å²) in [6.45, 7) is 2.38. The van der Waals surface area contributed by atoms with Gasteiger partial charge in [0, 0.05) is 43.4 Å². The fraction of sp³-hybridized carbons (Fsp3) is 0.500. The number of nitrogens with zero attached hydrogens (tertiary/aromatic N) is 2. The number of rotatable bonds is 5. The van der Waals surface area contributed by atoms with E-state index < -0.39 is 0 Å². The molecule has 2 saturated carbocycles. The van der Waals surface area contributed by atoms with Crippen LogP contribution in [0.3, 0.4) is 0 Å². The average molecular weight is 457 g/mol. The second-order valence-electron chi connectivity index (χ2n) is 11.1. The number of allylic oxidation sites excluding steroid dienone is 1. The fourth-order valence-corrected chi connectivity index (χ4v) is 6.20. The zero-order valence-corrected chi connectivity index (χ0v) is 19.5. The lowest BCUT2D eigenvalue weighted by atomic mass is 9.87. The van der Waals surface area contributed by atoms with Crippen molar-refractivity contribution < 1.29 is 9.59 Å². The molecule has 2 amide bonds. The third-order valence-corrected chi connectivity index (χ3v) is 8.61. The van der Waals surface area contributed by atoms with Gasteiger partial charge in [-0.15, -0.1) is 0 Å². The predicted octanol–water partition coefficient (Wildman–Crippen LogP) is 3.59. The Bertz CT molecular complexity index is 1160. The van der Waals surface area contributed by atoms with Gasteiger partial charge in [-0.1, -0.05) is 30.3 Å². The monoisotopic (exact) mass is 456 g/mol. The number of benzene rings is 1. The van der Waals surface area contributed by atoms with E-state index in [1.165, 1.54) is 16.8 Å². The normalized spacial score (nSPS) is 29.2. The minimum Gasteiger partial charge on any atom is -0.361 e. The number of H-pyrrole nitrogens is 1. The minimum absolute atomic E-state index is 0.0737. The molecule has 0 radical (unpaired) electrons. The SMILES string of the molecule is O=C(C1CC1)N1CC[C@H](CN2C(=O)C3(CC3)NC2c2ccc(C3C=Cc4[nH]ccc4C3)cc2)C1. The summed E-state index contributed by atoms with van der Waals surface area (Å²) in [7, 11) is 0. The maximum Gasteiger partial charge on any atom is 0.244 e. The molecule has 3 atom stereocenters. The van der Waals surface area contributed by atoms with Crippen LogP contribution in [0.25, 0.3) is 6.08 Å². The van der Waals surface area contributed by atoms with Crippen molar-refractivity contribution in [3.63, 3.8) is 0 Å². The van der Waals surface area contributed by atoms with E-state index in [0.29, 0.717) is 17.7 Å². The van der Waals surface area contributed by atoms with Crippen molar-refractivity contribution in [2.75, 3.05) is 19.6 Å². The molecule has 2 N–H and O–H groups in total. The number of carbonyl (C=O) groups excluding carboxylic acids is 2. The smallest absolute Gasteiger partial charge is 0.244 e. The summed E-state index contributed by atoms with van der Waals surface area (Å²) in [6.07, 6.45) is 12.4. The highest BCUT2D eigenvalue weighted by Crippen LogP contribution is 2.46. The molecule has 4 fully saturated rings. The molecule has 1 spiro atoms. The van der Waals surface area contributed by atoms with Gasteiger partial charge in [-0.25, -0.2) is 0 Å². The molecule has 1 aromatic carbocycles. The number of likely N-dealkylation sites (tertiary alicyclic amines) is 1. The summed E-state index contributed by atoms with van der Waals surface area (Å²) >= 11 is 0. The lowest BCUT2D eigenvalue weighted by molar-refractivity contribution is -0.131. The summed E-state index contributed by atoms with van der Waals surface area (Å²) in [6, 6.07) is 11.0. The van der Waals surface area contributed by atoms with Crippen molar-refractivity contribution in [1.82, 2.24) is 20.1 Å². The molecule has 2 saturated heterocycles. The van der Waals surface area contributed by atoms with Crippen molar-refractivity contribution in [1.29, 1.82) is 0 Å². The molecule has 176 valence electrons. The van der Waals surface area contributed by atoms with Gasteiger partial charge >= 0.3 is 0 Å². The first kappa shape index (κ1) is 20.5. The largest absolute Gasteiger partial charge is 0.361 e. The molecule has 2 aliphatic heterocycles. The van der Waals surface area contributed by atoms with Crippen molar-refractivity contribution in [2.24, 2.45) is 11.8 Å². The lowest BCUT2D eigenvalue weighted by Gasteiger charge is -2.28. The van der Waals surface area contributed by atoms with Gasteiger partial charge in [-0.3, -0.25) is 14.9 Å². The average Bonchev–Trinajstić information content (AvgIpc) is 3.74. The number of hydrogen-bond donors (Lipinski definition) is 2.